The molecule has 2 aliphatic heterocycles. The predicted molar refractivity (Wildman–Crippen MR) is 82.2 cm³/mol. The van der Waals surface area contributed by atoms with Crippen LogP contribution in [0.1, 0.15) is 36.8 Å². The van der Waals surface area contributed by atoms with Gasteiger partial charge in [-0.05, 0) is 62.4 Å². The molecule has 1 unspecified atom stereocenters. The largest absolute Gasteiger partial charge is 0.493 e. The van der Waals surface area contributed by atoms with Crippen LogP contribution in [0.5, 0.6) is 5.75 Å². The van der Waals surface area contributed by atoms with Crippen LogP contribution in [-0.2, 0) is 12.8 Å². The minimum atomic E-state index is 0.774. The van der Waals surface area contributed by atoms with Gasteiger partial charge < -0.3 is 15.4 Å². The highest BCUT2D eigenvalue weighted by molar-refractivity contribution is 5.39. The fourth-order valence-electron chi connectivity index (χ4n) is 3.54. The van der Waals surface area contributed by atoms with Gasteiger partial charge in [-0.3, -0.25) is 0 Å². The fourth-order valence-corrected chi connectivity index (χ4v) is 3.54. The molecule has 3 nitrogen and oxygen atoms in total. The Bertz CT molecular complexity index is 447. The number of fused-ring (bicyclic) bond motifs is 1. The molecule has 1 saturated heterocycles. The molecule has 1 aromatic carbocycles. The van der Waals surface area contributed by atoms with Gasteiger partial charge in [0, 0.05) is 19.0 Å². The number of rotatable bonds is 6. The third-order valence-electron chi connectivity index (χ3n) is 4.68. The average Bonchev–Trinajstić information content (AvgIpc) is 3.11. The number of benzene rings is 1. The second-order valence-electron chi connectivity index (χ2n) is 6.05. The van der Waals surface area contributed by atoms with E-state index >= 15 is 0 Å². The fraction of sp³-hybridized carbons (Fsp3) is 0.647. The lowest BCUT2D eigenvalue weighted by molar-refractivity contribution is 0.243. The Morgan fingerprint density at radius 2 is 2.30 bits per heavy atom. The lowest BCUT2D eigenvalue weighted by Crippen LogP contribution is -2.31. The van der Waals surface area contributed by atoms with Crippen molar-refractivity contribution in [1.82, 2.24) is 4.90 Å². The van der Waals surface area contributed by atoms with E-state index < -0.39 is 0 Å². The third kappa shape index (κ3) is 3.15. The van der Waals surface area contributed by atoms with Crippen molar-refractivity contribution in [3.63, 3.8) is 0 Å². The van der Waals surface area contributed by atoms with Crippen LogP contribution in [0, 0.1) is 0 Å². The molecule has 1 atom stereocenters. The lowest BCUT2D eigenvalue weighted by Gasteiger charge is -2.24. The second kappa shape index (κ2) is 6.59. The Morgan fingerprint density at radius 3 is 3.20 bits per heavy atom. The van der Waals surface area contributed by atoms with E-state index in [2.05, 4.69) is 23.1 Å². The van der Waals surface area contributed by atoms with Gasteiger partial charge in [0.25, 0.3) is 0 Å². The molecule has 3 heteroatoms. The highest BCUT2D eigenvalue weighted by atomic mass is 16.5. The van der Waals surface area contributed by atoms with Crippen LogP contribution in [0.3, 0.4) is 0 Å². The molecule has 20 heavy (non-hydrogen) atoms. The first kappa shape index (κ1) is 13.9. The first-order valence-electron chi connectivity index (χ1n) is 8.05. The molecule has 0 bridgehead atoms. The standard InChI is InChI=1S/C17H26N2O/c18-9-1-3-16-4-2-10-19(16)11-7-14-5-6-17-15(13-14)8-12-20-17/h5-6,13,16H,1-4,7-12,18H2. The van der Waals surface area contributed by atoms with Gasteiger partial charge in [0.15, 0.2) is 0 Å². The van der Waals surface area contributed by atoms with Crippen molar-refractivity contribution in [3.8, 4) is 5.75 Å². The van der Waals surface area contributed by atoms with Crippen LogP contribution < -0.4 is 10.5 Å². The highest BCUT2D eigenvalue weighted by Gasteiger charge is 2.23. The van der Waals surface area contributed by atoms with Crippen LogP contribution in [0.2, 0.25) is 0 Å². The molecule has 0 aliphatic carbocycles. The van der Waals surface area contributed by atoms with E-state index in [1.807, 2.05) is 0 Å². The zero-order valence-electron chi connectivity index (χ0n) is 12.3. The van der Waals surface area contributed by atoms with Crippen molar-refractivity contribution >= 4 is 0 Å². The van der Waals surface area contributed by atoms with Crippen LogP contribution >= 0.6 is 0 Å². The molecule has 2 heterocycles. The number of nitrogens with two attached hydrogens (primary N) is 1. The molecule has 0 amide bonds. The highest BCUT2D eigenvalue weighted by Crippen LogP contribution is 2.27. The Hall–Kier alpha value is -1.06. The Balaban J connectivity index is 1.53. The molecule has 0 radical (unpaired) electrons. The maximum atomic E-state index is 5.64. The lowest BCUT2D eigenvalue weighted by atomic mass is 10.1. The summed E-state index contributed by atoms with van der Waals surface area (Å²) in [4.78, 5) is 2.67. The number of nitrogens with zero attached hydrogens (tertiary/aromatic N) is 1. The maximum absolute atomic E-state index is 5.64. The molecule has 2 aliphatic rings. The molecule has 1 fully saturated rings. The van der Waals surface area contributed by atoms with E-state index in [4.69, 9.17) is 10.5 Å². The minimum absolute atomic E-state index is 0.774. The summed E-state index contributed by atoms with van der Waals surface area (Å²) in [5.41, 5.74) is 8.49. The summed E-state index contributed by atoms with van der Waals surface area (Å²) >= 11 is 0. The van der Waals surface area contributed by atoms with Gasteiger partial charge in [0.05, 0.1) is 6.61 Å². The SMILES string of the molecule is NCCCC1CCCN1CCc1ccc2c(c1)CCO2. The van der Waals surface area contributed by atoms with E-state index in [0.29, 0.717) is 0 Å². The van der Waals surface area contributed by atoms with E-state index in [9.17, 15) is 0 Å². The van der Waals surface area contributed by atoms with Crippen molar-refractivity contribution in [1.29, 1.82) is 0 Å². The van der Waals surface area contributed by atoms with Crippen LogP contribution in [-0.4, -0.2) is 37.2 Å². The summed E-state index contributed by atoms with van der Waals surface area (Å²) in [7, 11) is 0. The number of likely N-dealkylation sites (tertiary alicyclic amines) is 1. The summed E-state index contributed by atoms with van der Waals surface area (Å²) < 4.78 is 5.57. The molecule has 2 N–H and O–H groups in total. The Morgan fingerprint density at radius 1 is 1.35 bits per heavy atom. The van der Waals surface area contributed by atoms with E-state index in [1.54, 1.807) is 0 Å². The zero-order valence-corrected chi connectivity index (χ0v) is 12.3. The monoisotopic (exact) mass is 274 g/mol. The number of ether oxygens (including phenoxy) is 1. The average molecular weight is 274 g/mol. The summed E-state index contributed by atoms with van der Waals surface area (Å²) in [5.74, 6) is 1.09. The van der Waals surface area contributed by atoms with E-state index in [1.165, 1.54) is 43.5 Å². The molecular weight excluding hydrogens is 248 g/mol. The zero-order chi connectivity index (χ0) is 13.8. The van der Waals surface area contributed by atoms with E-state index in [0.717, 1.165) is 44.2 Å². The number of hydrogen-bond acceptors (Lipinski definition) is 3. The quantitative estimate of drug-likeness (QED) is 0.865. The first-order chi connectivity index (χ1) is 9.86. The van der Waals surface area contributed by atoms with Crippen LogP contribution in [0.4, 0.5) is 0 Å². The predicted octanol–water partition coefficient (Wildman–Crippen LogP) is 2.37. The normalized spacial score (nSPS) is 21.9. The third-order valence-corrected chi connectivity index (χ3v) is 4.68. The van der Waals surface area contributed by atoms with Crippen molar-refractivity contribution in [3.05, 3.63) is 29.3 Å². The van der Waals surface area contributed by atoms with Crippen molar-refractivity contribution in [2.24, 2.45) is 5.73 Å². The van der Waals surface area contributed by atoms with Gasteiger partial charge in [0.1, 0.15) is 5.75 Å². The van der Waals surface area contributed by atoms with Crippen molar-refractivity contribution < 1.29 is 4.74 Å². The molecule has 110 valence electrons. The first-order valence-corrected chi connectivity index (χ1v) is 8.05. The second-order valence-corrected chi connectivity index (χ2v) is 6.05. The smallest absolute Gasteiger partial charge is 0.122 e. The van der Waals surface area contributed by atoms with Gasteiger partial charge in [0.2, 0.25) is 0 Å². The minimum Gasteiger partial charge on any atom is -0.493 e. The van der Waals surface area contributed by atoms with Crippen LogP contribution in [0.25, 0.3) is 0 Å². The molecule has 0 saturated carbocycles. The molecule has 1 aromatic rings. The van der Waals surface area contributed by atoms with Crippen molar-refractivity contribution in [2.45, 2.75) is 44.6 Å². The van der Waals surface area contributed by atoms with Gasteiger partial charge in [-0.1, -0.05) is 12.1 Å². The topological polar surface area (TPSA) is 38.5 Å². The van der Waals surface area contributed by atoms with Gasteiger partial charge >= 0.3 is 0 Å². The van der Waals surface area contributed by atoms with Gasteiger partial charge in [-0.15, -0.1) is 0 Å². The van der Waals surface area contributed by atoms with Gasteiger partial charge in [-0.2, -0.15) is 0 Å². The molecular formula is C17H26N2O. The van der Waals surface area contributed by atoms with E-state index in [-0.39, 0.29) is 0 Å². The van der Waals surface area contributed by atoms with Crippen molar-refractivity contribution in [2.75, 3.05) is 26.2 Å². The summed E-state index contributed by atoms with van der Waals surface area (Å²) in [6, 6.07) is 7.49. The maximum Gasteiger partial charge on any atom is 0.122 e. The van der Waals surface area contributed by atoms with Gasteiger partial charge in [-0.25, -0.2) is 0 Å². The molecule has 3 rings (SSSR count). The number of hydrogen-bond donors (Lipinski definition) is 1. The molecule has 0 spiro atoms. The summed E-state index contributed by atoms with van der Waals surface area (Å²) in [5, 5.41) is 0. The molecule has 0 aromatic heterocycles. The Labute approximate surface area is 122 Å². The Kier molecular flexibility index (Phi) is 4.58. The van der Waals surface area contributed by atoms with Crippen LogP contribution in [0.15, 0.2) is 18.2 Å². The summed E-state index contributed by atoms with van der Waals surface area (Å²) in [6.07, 6.45) is 7.38. The summed E-state index contributed by atoms with van der Waals surface area (Å²) in [6.45, 7) is 4.14.